The smallest absolute Gasteiger partial charge is 0.0714 e. The second-order valence-corrected chi connectivity index (χ2v) is 36.5. The highest BCUT2D eigenvalue weighted by atomic mass is 15.2. The van der Waals surface area contributed by atoms with Gasteiger partial charge in [-0.2, -0.15) is 0 Å². The predicted octanol–water partition coefficient (Wildman–Crippen LogP) is 33.6. The first-order chi connectivity index (χ1) is 64.0. The maximum atomic E-state index is 2.56. The van der Waals surface area contributed by atoms with Crippen LogP contribution in [0.4, 0.5) is 34.1 Å². The number of hydrogen-bond donors (Lipinski definition) is 0. The summed E-state index contributed by atoms with van der Waals surface area (Å²) in [5, 5.41) is 0. The minimum atomic E-state index is -0.651. The molecule has 24 rings (SSSR count). The fourth-order valence-electron chi connectivity index (χ4n) is 22.6. The van der Waals surface area contributed by atoms with Gasteiger partial charge in [0, 0.05) is 44.7 Å². The average Bonchev–Trinajstić information content (AvgIpc) is 1.53. The molecule has 4 aliphatic carbocycles. The summed E-state index contributed by atoms with van der Waals surface area (Å²) in [6.45, 7) is 9.63. The van der Waals surface area contributed by atoms with E-state index in [0.29, 0.717) is 0 Å². The van der Waals surface area contributed by atoms with Gasteiger partial charge < -0.3 is 9.80 Å². The number of hydrogen-bond acceptors (Lipinski definition) is 2. The van der Waals surface area contributed by atoms with Gasteiger partial charge in [-0.15, -0.1) is 0 Å². The van der Waals surface area contributed by atoms with Crippen molar-refractivity contribution in [2.24, 2.45) is 0 Å². The van der Waals surface area contributed by atoms with Crippen molar-refractivity contribution in [3.8, 4) is 122 Å². The van der Waals surface area contributed by atoms with Gasteiger partial charge in [0.2, 0.25) is 0 Å². The Balaban J connectivity index is 0.641. The second-order valence-electron chi connectivity index (χ2n) is 36.5. The molecule has 4 aliphatic rings. The van der Waals surface area contributed by atoms with Gasteiger partial charge in [0.05, 0.1) is 22.2 Å². The molecule has 0 spiro atoms. The lowest BCUT2D eigenvalue weighted by Crippen LogP contribution is -2.28. The van der Waals surface area contributed by atoms with E-state index in [1.807, 2.05) is 0 Å². The lowest BCUT2D eigenvalue weighted by Gasteiger charge is -2.35. The zero-order chi connectivity index (χ0) is 86.8. The minimum Gasteiger partial charge on any atom is -0.310 e. The molecular formula is C128H92N2. The second kappa shape index (κ2) is 31.0. The molecule has 0 saturated heterocycles. The summed E-state index contributed by atoms with van der Waals surface area (Å²) < 4.78 is 0. The first kappa shape index (κ1) is 77.6. The Morgan fingerprint density at radius 2 is 0.400 bits per heavy atom. The maximum absolute atomic E-state index is 2.56. The van der Waals surface area contributed by atoms with Crippen LogP contribution in [0.1, 0.15) is 94.5 Å². The zero-order valence-electron chi connectivity index (χ0n) is 73.1. The molecule has 130 heavy (non-hydrogen) atoms. The zero-order valence-corrected chi connectivity index (χ0v) is 73.1. The largest absolute Gasteiger partial charge is 0.310 e. The summed E-state index contributed by atoms with van der Waals surface area (Å²) in [5.74, 6) is 0. The molecule has 0 bridgehead atoms. The Hall–Kier alpha value is -16.0. The van der Waals surface area contributed by atoms with Crippen molar-refractivity contribution in [1.82, 2.24) is 0 Å². The van der Waals surface area contributed by atoms with Gasteiger partial charge in [0.15, 0.2) is 0 Å². The Morgan fingerprint density at radius 1 is 0.138 bits per heavy atom. The van der Waals surface area contributed by atoms with E-state index in [9.17, 15) is 0 Å². The van der Waals surface area contributed by atoms with Crippen LogP contribution in [0.3, 0.4) is 0 Å². The third kappa shape index (κ3) is 12.4. The van der Waals surface area contributed by atoms with Crippen LogP contribution in [0.25, 0.3) is 122 Å². The van der Waals surface area contributed by atoms with Gasteiger partial charge in [-0.3, -0.25) is 0 Å². The van der Waals surface area contributed by atoms with Crippen molar-refractivity contribution in [2.75, 3.05) is 9.80 Å². The van der Waals surface area contributed by atoms with Crippen LogP contribution < -0.4 is 9.80 Å². The van der Waals surface area contributed by atoms with E-state index in [-0.39, 0.29) is 10.8 Å². The first-order valence-corrected chi connectivity index (χ1v) is 45.6. The molecule has 0 fully saturated rings. The van der Waals surface area contributed by atoms with Crippen LogP contribution in [0.15, 0.2) is 485 Å². The van der Waals surface area contributed by atoms with Crippen LogP contribution in [0.5, 0.6) is 0 Å². The van der Waals surface area contributed by atoms with Crippen molar-refractivity contribution in [3.05, 3.63) is 552 Å². The van der Waals surface area contributed by atoms with E-state index in [2.05, 4.69) is 523 Å². The van der Waals surface area contributed by atoms with E-state index >= 15 is 0 Å². The van der Waals surface area contributed by atoms with Crippen LogP contribution in [-0.4, -0.2) is 0 Å². The van der Waals surface area contributed by atoms with Gasteiger partial charge in [0.25, 0.3) is 0 Å². The van der Waals surface area contributed by atoms with Crippen LogP contribution in [-0.2, 0) is 21.7 Å². The third-order valence-electron chi connectivity index (χ3n) is 28.8. The molecule has 0 radical (unpaired) electrons. The van der Waals surface area contributed by atoms with Gasteiger partial charge in [0.1, 0.15) is 0 Å². The van der Waals surface area contributed by atoms with E-state index < -0.39 is 10.8 Å². The normalized spacial score (nSPS) is 13.8. The number of rotatable bonds is 17. The standard InChI is InChI=1S/C128H92N2/c1-125(2)115-55-29-26-52-105(115)108-73-71-103(79-119(108)125)129(101-67-62-88(63-68-101)85-34-12-5-13-35-85)123-83-121-113(106-53-27-30-56-117(106)127(121,97-44-18-8-19-45-97)98-46-20-9-21-47-98)81-110(123)91-60-58-90(59-61-91)92-40-32-42-94(76-92)95-66-75-116-112(78-95)109-74-72-104(80-120(109)126(116,3)4)130(102-69-64-89(65-70-102)86-36-14-6-15-37-86)124-84-122-114(82-111(124)96-43-33-41-93(77-96)87-38-16-7-17-39-87)107-54-28-31-57-118(107)128(122,99-48-22-10-23-49-99)100-50-24-11-25-51-100/h5-84H,1-4H3. The monoisotopic (exact) mass is 1660 g/mol. The molecule has 2 nitrogen and oxygen atoms in total. The topological polar surface area (TPSA) is 6.48 Å². The van der Waals surface area contributed by atoms with Crippen molar-refractivity contribution >= 4 is 34.1 Å². The molecule has 0 amide bonds. The molecule has 20 aromatic rings. The molecule has 0 N–H and O–H groups in total. The molecule has 0 saturated carbocycles. The highest BCUT2D eigenvalue weighted by Gasteiger charge is 2.50. The molecule has 0 heterocycles. The van der Waals surface area contributed by atoms with Gasteiger partial charge >= 0.3 is 0 Å². The summed E-state index contributed by atoms with van der Waals surface area (Å²) in [7, 11) is 0. The lowest BCUT2D eigenvalue weighted by atomic mass is 9.67. The van der Waals surface area contributed by atoms with E-state index in [1.165, 1.54) is 145 Å². The molecular weight excluding hydrogens is 1570 g/mol. The molecule has 0 aromatic heterocycles. The number of fused-ring (bicyclic) bond motifs is 12. The average molecular weight is 1660 g/mol. The van der Waals surface area contributed by atoms with Gasteiger partial charge in [-0.25, -0.2) is 0 Å². The lowest BCUT2D eigenvalue weighted by molar-refractivity contribution is 0.660. The van der Waals surface area contributed by atoms with Gasteiger partial charge in [-0.1, -0.05) is 422 Å². The molecule has 0 aliphatic heterocycles. The summed E-state index contributed by atoms with van der Waals surface area (Å²) in [6.07, 6.45) is 0. The van der Waals surface area contributed by atoms with Crippen LogP contribution in [0, 0.1) is 0 Å². The predicted molar refractivity (Wildman–Crippen MR) is 544 cm³/mol. The molecule has 2 heteroatoms. The SMILES string of the molecule is CC1(C)c2ccccc2-c2ccc(N(c3ccc(-c4ccccc4)cc3)c3cc4c(cc3-c3ccc(-c5cccc(-c6ccc7c(c6)-c6ccc(N(c8ccc(-c9ccccc9)cc8)c8cc9c(cc8-c8cccc(-c%10ccccc%10)c8)-c8ccccc8C9(c8ccccc8)c8ccccc8)cc6C7(C)C)c5)cc3)-c3ccccc3C4(c3ccccc3)c3ccccc3)cc21. The summed E-state index contributed by atoms with van der Waals surface area (Å²) in [6, 6.07) is 183. The maximum Gasteiger partial charge on any atom is 0.0714 e. The van der Waals surface area contributed by atoms with Crippen molar-refractivity contribution < 1.29 is 0 Å². The molecule has 0 unspecified atom stereocenters. The number of anilines is 6. The third-order valence-corrected chi connectivity index (χ3v) is 28.8. The summed E-state index contributed by atoms with van der Waals surface area (Å²) in [5.41, 5.74) is 46.1. The quantitative estimate of drug-likeness (QED) is 0.0896. The van der Waals surface area contributed by atoms with Crippen molar-refractivity contribution in [2.45, 2.75) is 49.4 Å². The number of nitrogens with zero attached hydrogens (tertiary/aromatic N) is 2. The fraction of sp³-hybridized carbons (Fsp3) is 0.0625. The van der Waals surface area contributed by atoms with Crippen molar-refractivity contribution in [1.29, 1.82) is 0 Å². The van der Waals surface area contributed by atoms with Crippen molar-refractivity contribution in [3.63, 3.8) is 0 Å². The Morgan fingerprint density at radius 3 is 0.831 bits per heavy atom. The highest BCUT2D eigenvalue weighted by Crippen LogP contribution is 2.63. The van der Waals surface area contributed by atoms with Crippen LogP contribution in [0.2, 0.25) is 0 Å². The summed E-state index contributed by atoms with van der Waals surface area (Å²) in [4.78, 5) is 5.12. The summed E-state index contributed by atoms with van der Waals surface area (Å²) >= 11 is 0. The first-order valence-electron chi connectivity index (χ1n) is 45.6. The van der Waals surface area contributed by atoms with E-state index in [1.54, 1.807) is 0 Å². The Kier molecular flexibility index (Phi) is 18.5. The molecule has 20 aromatic carbocycles. The molecule has 0 atom stereocenters. The van der Waals surface area contributed by atoms with Gasteiger partial charge in [-0.05, 0) is 269 Å². The highest BCUT2D eigenvalue weighted by molar-refractivity contribution is 6.01. The fourth-order valence-corrected chi connectivity index (χ4v) is 22.6. The van der Waals surface area contributed by atoms with E-state index in [4.69, 9.17) is 0 Å². The minimum absolute atomic E-state index is 0.238. The number of benzene rings is 20. The van der Waals surface area contributed by atoms with Crippen LogP contribution >= 0.6 is 0 Å². The van der Waals surface area contributed by atoms with E-state index in [0.717, 1.165) is 78.6 Å². The Bertz CT molecular complexity index is 7690. The Labute approximate surface area is 762 Å². The molecule has 614 valence electrons.